The molecule has 0 unspecified atom stereocenters. The van der Waals surface area contributed by atoms with E-state index < -0.39 is 19.8 Å². The molecule has 1 atom stereocenters. The second kappa shape index (κ2) is 6.84. The Kier molecular flexibility index (Phi) is 5.99. The molecule has 0 radical (unpaired) electrons. The molecule has 1 saturated heterocycles. The molecule has 0 bridgehead atoms. The molecule has 7 heteroatoms. The maximum absolute atomic E-state index is 12.9. The van der Waals surface area contributed by atoms with Gasteiger partial charge in [0, 0.05) is 6.54 Å². The highest BCUT2D eigenvalue weighted by atomic mass is 31.2. The summed E-state index contributed by atoms with van der Waals surface area (Å²) in [6, 6.07) is -0.794. The fraction of sp³-hybridized carbons (Fsp3) is 0.917. The van der Waals surface area contributed by atoms with Crippen molar-refractivity contribution in [1.29, 1.82) is 0 Å². The van der Waals surface area contributed by atoms with Crippen molar-refractivity contribution in [2.75, 3.05) is 6.54 Å². The van der Waals surface area contributed by atoms with Gasteiger partial charge in [0.2, 0.25) is 0 Å². The first kappa shape index (κ1) is 16.6. The number of carboxylic acids is 1. The predicted octanol–water partition coefficient (Wildman–Crippen LogP) is 2.88. The molecular formula is C12H24NO5P. The molecule has 0 aromatic rings. The molecule has 0 amide bonds. The van der Waals surface area contributed by atoms with Crippen LogP contribution in [0.25, 0.3) is 0 Å². The summed E-state index contributed by atoms with van der Waals surface area (Å²) in [6.45, 7) is 7.46. The van der Waals surface area contributed by atoms with Gasteiger partial charge in [0.25, 0.3) is 0 Å². The van der Waals surface area contributed by atoms with Crippen LogP contribution in [0, 0.1) is 0 Å². The predicted molar refractivity (Wildman–Crippen MR) is 72.0 cm³/mol. The average molecular weight is 293 g/mol. The van der Waals surface area contributed by atoms with Crippen LogP contribution in [0.5, 0.6) is 0 Å². The van der Waals surface area contributed by atoms with Gasteiger partial charge in [-0.15, -0.1) is 0 Å². The average Bonchev–Trinajstić information content (AvgIpc) is 2.26. The number of carboxylic acid groups (broad SMARTS) is 1. The number of nitrogens with zero attached hydrogens (tertiary/aromatic N) is 1. The van der Waals surface area contributed by atoms with E-state index in [1.165, 1.54) is 4.67 Å². The van der Waals surface area contributed by atoms with E-state index in [1.807, 2.05) is 0 Å². The lowest BCUT2D eigenvalue weighted by molar-refractivity contribution is -0.143. The van der Waals surface area contributed by atoms with Crippen LogP contribution in [0.1, 0.15) is 47.0 Å². The first-order chi connectivity index (χ1) is 8.76. The summed E-state index contributed by atoms with van der Waals surface area (Å²) in [5.74, 6) is -0.973. The van der Waals surface area contributed by atoms with Gasteiger partial charge in [-0.1, -0.05) is 0 Å². The Hall–Kier alpha value is -0.420. The number of hydrogen-bond acceptors (Lipinski definition) is 4. The summed E-state index contributed by atoms with van der Waals surface area (Å²) in [6.07, 6.45) is 1.51. The Balaban J connectivity index is 2.99. The number of aliphatic carboxylic acids is 1. The fourth-order valence-corrected chi connectivity index (χ4v) is 4.44. The van der Waals surface area contributed by atoms with Crippen molar-refractivity contribution in [3.8, 4) is 0 Å². The zero-order valence-corrected chi connectivity index (χ0v) is 12.9. The van der Waals surface area contributed by atoms with Crippen LogP contribution in [0.15, 0.2) is 0 Å². The van der Waals surface area contributed by atoms with Gasteiger partial charge in [0.05, 0.1) is 12.2 Å². The van der Waals surface area contributed by atoms with Gasteiger partial charge in [-0.2, -0.15) is 4.67 Å². The van der Waals surface area contributed by atoms with Crippen molar-refractivity contribution in [1.82, 2.24) is 4.67 Å². The van der Waals surface area contributed by atoms with Gasteiger partial charge < -0.3 is 5.11 Å². The summed E-state index contributed by atoms with van der Waals surface area (Å²) in [5.41, 5.74) is 0. The lowest BCUT2D eigenvalue weighted by Crippen LogP contribution is -2.43. The molecular weight excluding hydrogens is 269 g/mol. The van der Waals surface area contributed by atoms with E-state index >= 15 is 0 Å². The normalized spacial score (nSPS) is 22.1. The van der Waals surface area contributed by atoms with Crippen molar-refractivity contribution in [3.63, 3.8) is 0 Å². The summed E-state index contributed by atoms with van der Waals surface area (Å²) in [7, 11) is -3.56. The quantitative estimate of drug-likeness (QED) is 0.759. The third-order valence-electron chi connectivity index (χ3n) is 2.76. The second-order valence-corrected chi connectivity index (χ2v) is 7.16. The lowest BCUT2D eigenvalue weighted by Gasteiger charge is -2.38. The van der Waals surface area contributed by atoms with E-state index in [2.05, 4.69) is 0 Å². The van der Waals surface area contributed by atoms with Crippen molar-refractivity contribution in [2.45, 2.75) is 65.2 Å². The highest BCUT2D eigenvalue weighted by Gasteiger charge is 2.44. The van der Waals surface area contributed by atoms with E-state index in [4.69, 9.17) is 9.05 Å². The zero-order chi connectivity index (χ0) is 14.6. The van der Waals surface area contributed by atoms with Gasteiger partial charge in [0.1, 0.15) is 6.04 Å². The number of rotatable bonds is 6. The third-order valence-corrected chi connectivity index (χ3v) is 5.25. The van der Waals surface area contributed by atoms with E-state index in [1.54, 1.807) is 27.7 Å². The summed E-state index contributed by atoms with van der Waals surface area (Å²) < 4.78 is 25.3. The molecule has 0 aliphatic carbocycles. The van der Waals surface area contributed by atoms with Crippen LogP contribution >= 0.6 is 7.75 Å². The van der Waals surface area contributed by atoms with Crippen LogP contribution in [0.3, 0.4) is 0 Å². The summed E-state index contributed by atoms with van der Waals surface area (Å²) in [5, 5.41) is 9.27. The topological polar surface area (TPSA) is 76.1 Å². The Morgan fingerprint density at radius 2 is 1.74 bits per heavy atom. The zero-order valence-electron chi connectivity index (χ0n) is 12.0. The molecule has 1 rings (SSSR count). The van der Waals surface area contributed by atoms with Gasteiger partial charge in [-0.05, 0) is 47.0 Å². The van der Waals surface area contributed by atoms with Crippen LogP contribution in [-0.2, 0) is 18.4 Å². The van der Waals surface area contributed by atoms with E-state index in [-0.39, 0.29) is 12.2 Å². The molecule has 0 spiro atoms. The van der Waals surface area contributed by atoms with Gasteiger partial charge >= 0.3 is 13.7 Å². The molecule has 0 aromatic heterocycles. The Bertz CT molecular complexity index is 344. The first-order valence-electron chi connectivity index (χ1n) is 6.73. The van der Waals surface area contributed by atoms with Crippen molar-refractivity contribution < 1.29 is 23.5 Å². The monoisotopic (exact) mass is 293 g/mol. The SMILES string of the molecule is CC(C)OP(=O)(OC(C)C)N1CCCC[C@H]1C(=O)O. The van der Waals surface area contributed by atoms with Gasteiger partial charge in [-0.3, -0.25) is 13.8 Å². The number of piperidine rings is 1. The molecule has 0 saturated carbocycles. The Morgan fingerprint density at radius 3 is 2.16 bits per heavy atom. The summed E-state index contributed by atoms with van der Waals surface area (Å²) in [4.78, 5) is 11.3. The molecule has 0 aromatic carbocycles. The number of carbonyl (C=O) groups is 1. The van der Waals surface area contributed by atoms with Crippen LogP contribution in [0.4, 0.5) is 0 Å². The van der Waals surface area contributed by atoms with Crippen LogP contribution in [-0.4, -0.2) is 40.5 Å². The molecule has 1 aliphatic heterocycles. The summed E-state index contributed by atoms with van der Waals surface area (Å²) >= 11 is 0. The minimum absolute atomic E-state index is 0.291. The number of hydrogen-bond donors (Lipinski definition) is 1. The van der Waals surface area contributed by atoms with Crippen LogP contribution in [0.2, 0.25) is 0 Å². The van der Waals surface area contributed by atoms with Crippen molar-refractivity contribution >= 4 is 13.7 Å². The van der Waals surface area contributed by atoms with Crippen molar-refractivity contribution in [3.05, 3.63) is 0 Å². The maximum Gasteiger partial charge on any atom is 0.409 e. The highest BCUT2D eigenvalue weighted by Crippen LogP contribution is 2.56. The molecule has 6 nitrogen and oxygen atoms in total. The van der Waals surface area contributed by atoms with Gasteiger partial charge in [0.15, 0.2) is 0 Å². The minimum atomic E-state index is -3.56. The molecule has 19 heavy (non-hydrogen) atoms. The van der Waals surface area contributed by atoms with Crippen LogP contribution < -0.4 is 0 Å². The maximum atomic E-state index is 12.9. The fourth-order valence-electron chi connectivity index (χ4n) is 2.14. The third kappa shape index (κ3) is 4.56. The lowest BCUT2D eigenvalue weighted by atomic mass is 10.1. The van der Waals surface area contributed by atoms with E-state index in [0.717, 1.165) is 12.8 Å². The van der Waals surface area contributed by atoms with Gasteiger partial charge in [-0.25, -0.2) is 4.57 Å². The minimum Gasteiger partial charge on any atom is -0.480 e. The molecule has 1 fully saturated rings. The largest absolute Gasteiger partial charge is 0.480 e. The van der Waals surface area contributed by atoms with Crippen molar-refractivity contribution in [2.24, 2.45) is 0 Å². The second-order valence-electron chi connectivity index (χ2n) is 5.29. The van der Waals surface area contributed by atoms with E-state index in [9.17, 15) is 14.5 Å². The molecule has 112 valence electrons. The highest BCUT2D eigenvalue weighted by molar-refractivity contribution is 7.51. The molecule has 1 aliphatic rings. The molecule has 1 heterocycles. The smallest absolute Gasteiger partial charge is 0.409 e. The standard InChI is InChI=1S/C12H24NO5P/c1-9(2)17-19(16,18-10(3)4)13-8-6-5-7-11(13)12(14)15/h9-11H,5-8H2,1-4H3,(H,14,15)/t11-/m0/s1. The Labute approximate surface area is 114 Å². The molecule has 1 N–H and O–H groups in total. The Morgan fingerprint density at radius 1 is 1.21 bits per heavy atom. The first-order valence-corrected chi connectivity index (χ1v) is 8.22. The van der Waals surface area contributed by atoms with E-state index in [0.29, 0.717) is 13.0 Å².